The van der Waals surface area contributed by atoms with E-state index in [2.05, 4.69) is 67.7 Å². The molecule has 0 fully saturated rings. The Morgan fingerprint density at radius 2 is 1.76 bits per heavy atom. The topological polar surface area (TPSA) is 12.0 Å². The Bertz CT molecular complexity index is 536. The van der Waals surface area contributed by atoms with Gasteiger partial charge in [0.15, 0.2) is 0 Å². The van der Waals surface area contributed by atoms with Crippen molar-refractivity contribution in [3.8, 4) is 0 Å². The molecule has 0 amide bonds. The Morgan fingerprint density at radius 1 is 1.06 bits per heavy atom. The van der Waals surface area contributed by atoms with Gasteiger partial charge in [0.1, 0.15) is 0 Å². The Morgan fingerprint density at radius 3 is 2.41 bits per heavy atom. The number of benzene rings is 2. The normalized spacial score (nSPS) is 12.4. The third kappa shape index (κ3) is 2.75. The molecule has 2 aromatic carbocycles. The van der Waals surface area contributed by atoms with E-state index in [1.54, 1.807) is 0 Å². The summed E-state index contributed by atoms with van der Waals surface area (Å²) < 4.78 is 0. The molecule has 0 aliphatic heterocycles. The van der Waals surface area contributed by atoms with Crippen LogP contribution in [0.3, 0.4) is 0 Å². The van der Waals surface area contributed by atoms with Crippen molar-refractivity contribution >= 4 is 10.8 Å². The van der Waals surface area contributed by atoms with Crippen LogP contribution in [0.4, 0.5) is 0 Å². The van der Waals surface area contributed by atoms with Gasteiger partial charge in [-0.15, -0.1) is 0 Å². The molecular formula is C16H19N. The highest BCUT2D eigenvalue weighted by Crippen LogP contribution is 2.21. The maximum Gasteiger partial charge on any atom is 0.0506 e. The molecular weight excluding hydrogens is 206 g/mol. The van der Waals surface area contributed by atoms with Crippen LogP contribution in [0.1, 0.15) is 25.5 Å². The molecule has 2 aromatic rings. The van der Waals surface area contributed by atoms with Gasteiger partial charge in [0.2, 0.25) is 0 Å². The smallest absolute Gasteiger partial charge is 0.0506 e. The van der Waals surface area contributed by atoms with Crippen molar-refractivity contribution in [3.63, 3.8) is 0 Å². The Balaban J connectivity index is 2.44. The zero-order valence-corrected chi connectivity index (χ0v) is 10.7. The van der Waals surface area contributed by atoms with E-state index in [0.29, 0.717) is 6.04 Å². The minimum absolute atomic E-state index is 0.296. The van der Waals surface area contributed by atoms with Gasteiger partial charge in [-0.3, -0.25) is 0 Å². The Kier molecular flexibility index (Phi) is 3.60. The third-order valence-corrected chi connectivity index (χ3v) is 2.94. The molecule has 0 saturated heterocycles. The lowest BCUT2D eigenvalue weighted by molar-refractivity contribution is 0.711. The summed E-state index contributed by atoms with van der Waals surface area (Å²) in [6.07, 6.45) is 2.25. The average Bonchev–Trinajstić information content (AvgIpc) is 2.35. The number of likely N-dealkylation sites (N-methyl/N-ethyl adjacent to an activating group) is 1. The van der Waals surface area contributed by atoms with Crippen LogP contribution in [0.2, 0.25) is 0 Å². The summed E-state index contributed by atoms with van der Waals surface area (Å²) >= 11 is 0. The number of rotatable bonds is 3. The Hall–Kier alpha value is -1.60. The van der Waals surface area contributed by atoms with Gasteiger partial charge in [-0.1, -0.05) is 48.0 Å². The summed E-state index contributed by atoms with van der Waals surface area (Å²) in [4.78, 5) is 0. The molecule has 1 N–H and O–H groups in total. The zero-order valence-electron chi connectivity index (χ0n) is 10.7. The van der Waals surface area contributed by atoms with Gasteiger partial charge in [0.05, 0.1) is 6.04 Å². The van der Waals surface area contributed by atoms with Gasteiger partial charge in [0.25, 0.3) is 0 Å². The third-order valence-electron chi connectivity index (χ3n) is 2.94. The summed E-state index contributed by atoms with van der Waals surface area (Å²) in [6, 6.07) is 15.4. The lowest BCUT2D eigenvalue weighted by Crippen LogP contribution is -2.14. The first kappa shape index (κ1) is 11.9. The van der Waals surface area contributed by atoms with Crippen LogP contribution >= 0.6 is 0 Å². The predicted octanol–water partition coefficient (Wildman–Crippen LogP) is 4.07. The molecule has 0 aliphatic rings. The molecule has 0 radical (unpaired) electrons. The van der Waals surface area contributed by atoms with Gasteiger partial charge in [-0.05, 0) is 43.3 Å². The van der Waals surface area contributed by atoms with Crippen LogP contribution in [0.25, 0.3) is 10.8 Å². The van der Waals surface area contributed by atoms with Crippen LogP contribution < -0.4 is 5.32 Å². The van der Waals surface area contributed by atoms with Crippen molar-refractivity contribution in [1.82, 2.24) is 5.32 Å². The SMILES string of the molecule is CNC(C=C(C)C)c1ccc2ccccc2c1. The molecule has 1 unspecified atom stereocenters. The van der Waals surface area contributed by atoms with Crippen LogP contribution in [-0.4, -0.2) is 7.05 Å². The molecule has 0 spiro atoms. The average molecular weight is 225 g/mol. The number of fused-ring (bicyclic) bond motifs is 1. The van der Waals surface area contributed by atoms with Crippen LogP contribution in [-0.2, 0) is 0 Å². The van der Waals surface area contributed by atoms with Crippen LogP contribution in [0, 0.1) is 0 Å². The lowest BCUT2D eigenvalue weighted by atomic mass is 10.0. The second kappa shape index (κ2) is 5.15. The fourth-order valence-electron chi connectivity index (χ4n) is 2.08. The molecule has 0 saturated carbocycles. The monoisotopic (exact) mass is 225 g/mol. The van der Waals surface area contributed by atoms with Crippen molar-refractivity contribution in [2.45, 2.75) is 19.9 Å². The molecule has 1 atom stereocenters. The van der Waals surface area contributed by atoms with E-state index >= 15 is 0 Å². The maximum atomic E-state index is 3.34. The molecule has 0 aliphatic carbocycles. The number of hydrogen-bond donors (Lipinski definition) is 1. The maximum absolute atomic E-state index is 3.34. The first-order chi connectivity index (χ1) is 8.20. The van der Waals surface area contributed by atoms with Crippen molar-refractivity contribution in [2.75, 3.05) is 7.05 Å². The summed E-state index contributed by atoms with van der Waals surface area (Å²) in [5.74, 6) is 0. The zero-order chi connectivity index (χ0) is 12.3. The molecule has 0 bridgehead atoms. The largest absolute Gasteiger partial charge is 0.310 e. The van der Waals surface area contributed by atoms with E-state index in [-0.39, 0.29) is 0 Å². The van der Waals surface area contributed by atoms with Gasteiger partial charge >= 0.3 is 0 Å². The van der Waals surface area contributed by atoms with Gasteiger partial charge in [-0.2, -0.15) is 0 Å². The van der Waals surface area contributed by atoms with E-state index in [1.807, 2.05) is 7.05 Å². The Labute approximate surface area is 103 Å². The minimum atomic E-state index is 0.296. The van der Waals surface area contributed by atoms with E-state index in [0.717, 1.165) is 0 Å². The first-order valence-corrected chi connectivity index (χ1v) is 6.01. The minimum Gasteiger partial charge on any atom is -0.310 e. The standard InChI is InChI=1S/C16H19N/c1-12(2)10-16(17-3)15-9-8-13-6-4-5-7-14(13)11-15/h4-11,16-17H,1-3H3. The van der Waals surface area contributed by atoms with Crippen LogP contribution in [0.15, 0.2) is 54.1 Å². The van der Waals surface area contributed by atoms with E-state index in [4.69, 9.17) is 0 Å². The predicted molar refractivity (Wildman–Crippen MR) is 75.2 cm³/mol. The van der Waals surface area contributed by atoms with Gasteiger partial charge in [-0.25, -0.2) is 0 Å². The highest BCUT2D eigenvalue weighted by atomic mass is 14.9. The highest BCUT2D eigenvalue weighted by molar-refractivity contribution is 5.83. The van der Waals surface area contributed by atoms with Gasteiger partial charge in [0, 0.05) is 0 Å². The summed E-state index contributed by atoms with van der Waals surface area (Å²) in [7, 11) is 2.00. The molecule has 88 valence electrons. The fourth-order valence-corrected chi connectivity index (χ4v) is 2.08. The summed E-state index contributed by atoms with van der Waals surface area (Å²) in [6.45, 7) is 4.26. The molecule has 1 heteroatoms. The molecule has 2 rings (SSSR count). The quantitative estimate of drug-likeness (QED) is 0.776. The van der Waals surface area contributed by atoms with E-state index in [9.17, 15) is 0 Å². The van der Waals surface area contributed by atoms with E-state index < -0.39 is 0 Å². The lowest BCUT2D eigenvalue weighted by Gasteiger charge is -2.14. The molecule has 17 heavy (non-hydrogen) atoms. The number of hydrogen-bond acceptors (Lipinski definition) is 1. The number of allylic oxidation sites excluding steroid dienone is 1. The van der Waals surface area contributed by atoms with Crippen LogP contribution in [0.5, 0.6) is 0 Å². The van der Waals surface area contributed by atoms with Gasteiger partial charge < -0.3 is 5.32 Å². The summed E-state index contributed by atoms with van der Waals surface area (Å²) in [5.41, 5.74) is 2.64. The molecule has 1 nitrogen and oxygen atoms in total. The second-order valence-electron chi connectivity index (χ2n) is 4.62. The second-order valence-corrected chi connectivity index (χ2v) is 4.62. The molecule has 0 heterocycles. The van der Waals surface area contributed by atoms with E-state index in [1.165, 1.54) is 21.9 Å². The van der Waals surface area contributed by atoms with Crippen molar-refractivity contribution in [3.05, 3.63) is 59.7 Å². The highest BCUT2D eigenvalue weighted by Gasteiger charge is 2.06. The fraction of sp³-hybridized carbons (Fsp3) is 0.250. The summed E-state index contributed by atoms with van der Waals surface area (Å²) in [5, 5.41) is 5.93. The van der Waals surface area contributed by atoms with Crippen molar-refractivity contribution in [1.29, 1.82) is 0 Å². The number of nitrogens with one attached hydrogen (secondary N) is 1. The first-order valence-electron chi connectivity index (χ1n) is 6.01. The van der Waals surface area contributed by atoms with Crippen molar-refractivity contribution in [2.24, 2.45) is 0 Å². The molecule has 0 aromatic heterocycles. The van der Waals surface area contributed by atoms with Crippen molar-refractivity contribution < 1.29 is 0 Å².